The highest BCUT2D eigenvalue weighted by atomic mass is 14.8. The average molecular weight is 65.1 g/mol. The minimum atomic E-state index is 0.833. The van der Waals surface area contributed by atoms with Crippen LogP contribution in [0.4, 0.5) is 0 Å². The van der Waals surface area contributed by atoms with Crippen LogP contribution in [-0.2, 0) is 0 Å². The van der Waals surface area contributed by atoms with E-state index in [1.54, 1.807) is 0 Å². The van der Waals surface area contributed by atoms with Gasteiger partial charge in [0.1, 0.15) is 0 Å². The normalized spacial score (nSPS) is 3.60. The van der Waals surface area contributed by atoms with Gasteiger partial charge in [-0.2, -0.15) is 0 Å². The number of nitrogens with zero attached hydrogens (tertiary/aromatic N) is 2. The number of rotatable bonds is 0. The first kappa shape index (κ1) is 3.85. The fourth-order valence-electron chi connectivity index (χ4n) is 0.0289. The Morgan fingerprint density at radius 3 is 1.60 bits per heavy atom. The molecule has 0 saturated heterocycles. The minimum Gasteiger partial charge on any atom is -0.379 e. The van der Waals surface area contributed by atoms with Gasteiger partial charge in [0, 0.05) is 0 Å². The molecule has 0 heterocycles. The third-order valence-electron chi connectivity index (χ3n) is 0.115. The Balaban J connectivity index is 2.86. The van der Waals surface area contributed by atoms with Crippen molar-refractivity contribution in [2.75, 3.05) is 0 Å². The second-order valence-electron chi connectivity index (χ2n) is 0.374. The fraction of sp³-hybridized carbons (Fsp3) is 0. The highest BCUT2D eigenvalue weighted by molar-refractivity contribution is 4.83. The minimum absolute atomic E-state index is 0.833. The predicted octanol–water partition coefficient (Wildman–Crippen LogP) is 0.944. The molecule has 0 amide bonds. The standard InChI is InChI=1S/C3HN2/c1-4-3-5-2/h3H/q-1. The third-order valence-corrected chi connectivity index (χ3v) is 0.115. The molecule has 0 aromatic heterocycles. The Morgan fingerprint density at radius 2 is 1.60 bits per heavy atom. The van der Waals surface area contributed by atoms with Gasteiger partial charge in [0.05, 0.1) is 0 Å². The molecule has 0 aromatic rings. The Labute approximate surface area is 30.7 Å². The summed E-state index contributed by atoms with van der Waals surface area (Å²) in [6, 6.07) is 0. The van der Waals surface area contributed by atoms with Crippen molar-refractivity contribution < 1.29 is 0 Å². The predicted molar refractivity (Wildman–Crippen MR) is 17.5 cm³/mol. The third kappa shape index (κ3) is 2.85. The summed E-state index contributed by atoms with van der Waals surface area (Å²) in [6.07, 6.45) is 0. The van der Waals surface area contributed by atoms with Crippen LogP contribution in [0.5, 0.6) is 0 Å². The second-order valence-corrected chi connectivity index (χ2v) is 0.374. The van der Waals surface area contributed by atoms with Crippen molar-refractivity contribution in [3.05, 3.63) is 29.5 Å². The summed E-state index contributed by atoms with van der Waals surface area (Å²) >= 11 is 0. The van der Waals surface area contributed by atoms with Gasteiger partial charge >= 0.3 is 0 Å². The lowest BCUT2D eigenvalue weighted by Crippen LogP contribution is -1.35. The molecule has 0 saturated carbocycles. The SMILES string of the molecule is [C-]#[N+][CH-][N+]#[C-]. The lowest BCUT2D eigenvalue weighted by Gasteiger charge is -1.65. The molecule has 0 N–H and O–H groups in total. The van der Waals surface area contributed by atoms with E-state index in [-0.39, 0.29) is 0 Å². The molecule has 2 nitrogen and oxygen atoms in total. The molecule has 0 fully saturated rings. The summed E-state index contributed by atoms with van der Waals surface area (Å²) in [7, 11) is 0. The van der Waals surface area contributed by atoms with E-state index in [0.29, 0.717) is 0 Å². The van der Waals surface area contributed by atoms with Crippen LogP contribution in [-0.4, -0.2) is 0 Å². The van der Waals surface area contributed by atoms with Gasteiger partial charge in [-0.25, -0.2) is 0 Å². The summed E-state index contributed by atoms with van der Waals surface area (Å²) < 4.78 is 0. The van der Waals surface area contributed by atoms with Gasteiger partial charge in [-0.3, -0.25) is 13.1 Å². The Hall–Kier alpha value is -1.15. The maximum Gasteiger partial charge on any atom is 0.293 e. The zero-order valence-corrected chi connectivity index (χ0v) is 2.47. The molecule has 5 heavy (non-hydrogen) atoms. The van der Waals surface area contributed by atoms with Gasteiger partial charge in [-0.15, -0.1) is 0 Å². The molecule has 2 heteroatoms. The van der Waals surface area contributed by atoms with Crippen molar-refractivity contribution in [1.29, 1.82) is 0 Å². The number of hydrogen-bond acceptors (Lipinski definition) is 0. The molecular formula is C3HN2-. The van der Waals surface area contributed by atoms with Crippen LogP contribution in [0.1, 0.15) is 0 Å². The van der Waals surface area contributed by atoms with E-state index in [9.17, 15) is 0 Å². The first-order chi connectivity index (χ1) is 2.41. The molecule has 0 spiro atoms. The molecule has 0 aromatic carbocycles. The van der Waals surface area contributed by atoms with Crippen molar-refractivity contribution in [3.63, 3.8) is 0 Å². The van der Waals surface area contributed by atoms with Crippen LogP contribution in [0.3, 0.4) is 0 Å². The highest BCUT2D eigenvalue weighted by Gasteiger charge is 1.49. The largest absolute Gasteiger partial charge is 0.379 e. The van der Waals surface area contributed by atoms with Crippen LogP contribution in [0.15, 0.2) is 0 Å². The summed E-state index contributed by atoms with van der Waals surface area (Å²) in [5, 5.41) is 0. The molecule has 0 aliphatic rings. The maximum absolute atomic E-state index is 5.96. The monoisotopic (exact) mass is 65.0 g/mol. The lowest BCUT2D eigenvalue weighted by molar-refractivity contribution is 1.77. The van der Waals surface area contributed by atoms with Gasteiger partial charge in [0.25, 0.3) is 6.67 Å². The average Bonchev–Trinajstić information content (AvgIpc) is 1.41. The zero-order valence-electron chi connectivity index (χ0n) is 2.47. The Bertz CT molecular complexity index is 70.0. The van der Waals surface area contributed by atoms with E-state index in [4.69, 9.17) is 13.1 Å². The molecule has 0 rings (SSSR count). The Kier molecular flexibility index (Phi) is 2.19. The summed E-state index contributed by atoms with van der Waals surface area (Å²) in [5.41, 5.74) is 0. The zero-order chi connectivity index (χ0) is 4.12. The molecule has 24 valence electrons. The highest BCUT2D eigenvalue weighted by Crippen LogP contribution is 1.72. The smallest absolute Gasteiger partial charge is 0.293 e. The van der Waals surface area contributed by atoms with Crippen LogP contribution < -0.4 is 0 Å². The van der Waals surface area contributed by atoms with Crippen molar-refractivity contribution >= 4 is 0 Å². The molecule has 0 radical (unpaired) electrons. The Morgan fingerprint density at radius 1 is 1.20 bits per heavy atom. The molecule has 0 bridgehead atoms. The van der Waals surface area contributed by atoms with Gasteiger partial charge < -0.3 is 9.69 Å². The molecule has 0 unspecified atom stereocenters. The fourth-order valence-corrected chi connectivity index (χ4v) is 0.0289. The molecule has 0 aliphatic carbocycles. The van der Waals surface area contributed by atoms with Crippen molar-refractivity contribution in [2.24, 2.45) is 0 Å². The van der Waals surface area contributed by atoms with Gasteiger partial charge in [0.15, 0.2) is 0 Å². The van der Waals surface area contributed by atoms with E-state index in [1.807, 2.05) is 0 Å². The van der Waals surface area contributed by atoms with Crippen molar-refractivity contribution in [3.8, 4) is 0 Å². The number of hydrogen-bond donors (Lipinski definition) is 0. The van der Waals surface area contributed by atoms with Gasteiger partial charge in [0.2, 0.25) is 0 Å². The van der Waals surface area contributed by atoms with E-state index < -0.39 is 0 Å². The summed E-state index contributed by atoms with van der Waals surface area (Å²) in [6.45, 7) is 12.8. The summed E-state index contributed by atoms with van der Waals surface area (Å²) in [4.78, 5) is 5.25. The van der Waals surface area contributed by atoms with E-state index >= 15 is 0 Å². The first-order valence-electron chi connectivity index (χ1n) is 0.964. The molecular weight excluding hydrogens is 64.0 g/mol. The van der Waals surface area contributed by atoms with Crippen molar-refractivity contribution in [2.45, 2.75) is 0 Å². The second kappa shape index (κ2) is 2.85. The van der Waals surface area contributed by atoms with Crippen LogP contribution in [0.25, 0.3) is 9.69 Å². The van der Waals surface area contributed by atoms with Crippen LogP contribution in [0.2, 0.25) is 0 Å². The quantitative estimate of drug-likeness (QED) is 0.371. The van der Waals surface area contributed by atoms with E-state index in [0.717, 1.165) is 6.67 Å². The topological polar surface area (TPSA) is 8.72 Å². The molecule has 0 atom stereocenters. The van der Waals surface area contributed by atoms with Crippen LogP contribution in [0, 0.1) is 19.8 Å². The molecule has 0 aliphatic heterocycles. The van der Waals surface area contributed by atoms with E-state index in [2.05, 4.69) is 9.69 Å². The van der Waals surface area contributed by atoms with Gasteiger partial charge in [-0.1, -0.05) is 0 Å². The van der Waals surface area contributed by atoms with Gasteiger partial charge in [-0.05, 0) is 0 Å². The summed E-state index contributed by atoms with van der Waals surface area (Å²) in [5.74, 6) is 0. The van der Waals surface area contributed by atoms with Crippen LogP contribution >= 0.6 is 0 Å². The first-order valence-corrected chi connectivity index (χ1v) is 0.964. The van der Waals surface area contributed by atoms with E-state index in [1.165, 1.54) is 0 Å². The lowest BCUT2D eigenvalue weighted by atomic mass is 11.2. The van der Waals surface area contributed by atoms with Crippen molar-refractivity contribution in [1.82, 2.24) is 0 Å². The maximum atomic E-state index is 5.96.